The Balaban J connectivity index is 1.98. The predicted molar refractivity (Wildman–Crippen MR) is 80.9 cm³/mol. The number of nitrogens with zero attached hydrogens (tertiary/aromatic N) is 2. The zero-order valence-corrected chi connectivity index (χ0v) is 11.8. The molecule has 4 heteroatoms. The van der Waals surface area contributed by atoms with Gasteiger partial charge in [-0.1, -0.05) is 11.6 Å². The lowest BCUT2D eigenvalue weighted by Crippen LogP contribution is -2.24. The molecule has 0 saturated carbocycles. The fourth-order valence-corrected chi connectivity index (χ4v) is 3.06. The molecule has 0 radical (unpaired) electrons. The maximum absolute atomic E-state index is 5.94. The van der Waals surface area contributed by atoms with Crippen LogP contribution in [0.25, 0.3) is 5.57 Å². The van der Waals surface area contributed by atoms with Gasteiger partial charge in [0.05, 0.1) is 5.69 Å². The van der Waals surface area contributed by atoms with Crippen LogP contribution in [0.3, 0.4) is 0 Å². The molecule has 2 aromatic rings. The van der Waals surface area contributed by atoms with E-state index in [2.05, 4.69) is 21.4 Å². The summed E-state index contributed by atoms with van der Waals surface area (Å²) in [4.78, 5) is 9.23. The molecule has 2 aromatic heterocycles. The third-order valence-corrected chi connectivity index (χ3v) is 4.08. The van der Waals surface area contributed by atoms with Crippen molar-refractivity contribution in [2.24, 2.45) is 0 Å². The first-order valence-electron chi connectivity index (χ1n) is 7.38. The summed E-state index contributed by atoms with van der Waals surface area (Å²) in [6.07, 6.45) is 5.77. The summed E-state index contributed by atoms with van der Waals surface area (Å²) in [7, 11) is 0. The Labute approximate surface area is 123 Å². The largest absolute Gasteiger partial charge is 0.487 e. The number of rotatable bonds is 0. The summed E-state index contributed by atoms with van der Waals surface area (Å²) in [5.74, 6) is 0.858. The molecule has 0 bridgehead atoms. The minimum Gasteiger partial charge on any atom is -0.487 e. The number of fused-ring (bicyclic) bond motifs is 2. The van der Waals surface area contributed by atoms with Crippen molar-refractivity contribution in [3.8, 4) is 5.75 Å². The molecule has 2 aliphatic heterocycles. The number of pyridine rings is 2. The molecule has 1 saturated heterocycles. The first-order valence-corrected chi connectivity index (χ1v) is 7.38. The van der Waals surface area contributed by atoms with Gasteiger partial charge in [-0.05, 0) is 44.1 Å². The standard InChI is InChI=1S/C17H17N3O/c1-3-13-11-21-14-4-2-8-20-17(14)15(16(13)19-7-1)12-5-9-18-10-6-12/h1-4,7-8,18H,5-6,9-11H2. The quantitative estimate of drug-likeness (QED) is 0.805. The van der Waals surface area contributed by atoms with Crippen LogP contribution in [-0.4, -0.2) is 23.1 Å². The minimum atomic E-state index is 0.552. The van der Waals surface area contributed by atoms with Crippen molar-refractivity contribution in [1.29, 1.82) is 0 Å². The first kappa shape index (κ1) is 12.5. The van der Waals surface area contributed by atoms with E-state index < -0.39 is 0 Å². The van der Waals surface area contributed by atoms with E-state index in [9.17, 15) is 0 Å². The topological polar surface area (TPSA) is 47.0 Å². The van der Waals surface area contributed by atoms with E-state index in [0.717, 1.165) is 48.6 Å². The number of ether oxygens (including phenoxy) is 1. The maximum atomic E-state index is 5.94. The zero-order chi connectivity index (χ0) is 14.1. The van der Waals surface area contributed by atoms with Crippen LogP contribution < -0.4 is 10.1 Å². The Morgan fingerprint density at radius 3 is 2.57 bits per heavy atom. The molecule has 0 aliphatic carbocycles. The predicted octanol–water partition coefficient (Wildman–Crippen LogP) is 2.55. The van der Waals surface area contributed by atoms with Crippen molar-refractivity contribution in [3.05, 3.63) is 59.2 Å². The third-order valence-electron chi connectivity index (χ3n) is 4.08. The van der Waals surface area contributed by atoms with Crippen LogP contribution >= 0.6 is 0 Å². The summed E-state index contributed by atoms with van der Waals surface area (Å²) >= 11 is 0. The Morgan fingerprint density at radius 1 is 0.952 bits per heavy atom. The van der Waals surface area contributed by atoms with Gasteiger partial charge >= 0.3 is 0 Å². The zero-order valence-electron chi connectivity index (χ0n) is 11.8. The molecule has 2 aliphatic rings. The SMILES string of the molecule is c1cnc2c(c1)COc1cccnc1C2=C1CCNCC1. The van der Waals surface area contributed by atoms with E-state index in [0.29, 0.717) is 6.61 Å². The van der Waals surface area contributed by atoms with Crippen molar-refractivity contribution in [2.75, 3.05) is 13.1 Å². The number of hydrogen-bond acceptors (Lipinski definition) is 4. The van der Waals surface area contributed by atoms with Gasteiger partial charge in [0.2, 0.25) is 0 Å². The van der Waals surface area contributed by atoms with Crippen molar-refractivity contribution in [2.45, 2.75) is 19.4 Å². The van der Waals surface area contributed by atoms with Gasteiger partial charge in [-0.2, -0.15) is 0 Å². The monoisotopic (exact) mass is 279 g/mol. The second-order valence-electron chi connectivity index (χ2n) is 5.38. The highest BCUT2D eigenvalue weighted by atomic mass is 16.5. The van der Waals surface area contributed by atoms with Crippen molar-refractivity contribution < 1.29 is 4.74 Å². The molecule has 0 atom stereocenters. The highest BCUT2D eigenvalue weighted by Crippen LogP contribution is 2.37. The summed E-state index contributed by atoms with van der Waals surface area (Å²) in [5, 5.41) is 3.41. The number of hydrogen-bond donors (Lipinski definition) is 1. The van der Waals surface area contributed by atoms with Crippen LogP contribution in [0.1, 0.15) is 29.8 Å². The molecule has 0 spiro atoms. The number of piperidine rings is 1. The fraction of sp³-hybridized carbons (Fsp3) is 0.294. The van der Waals surface area contributed by atoms with Crippen molar-refractivity contribution >= 4 is 5.57 Å². The number of nitrogens with one attached hydrogen (secondary N) is 1. The van der Waals surface area contributed by atoms with Gasteiger partial charge < -0.3 is 10.1 Å². The molecule has 0 amide bonds. The fourth-order valence-electron chi connectivity index (χ4n) is 3.06. The summed E-state index contributed by atoms with van der Waals surface area (Å²) in [5.41, 5.74) is 5.72. The van der Waals surface area contributed by atoms with E-state index in [4.69, 9.17) is 4.74 Å². The van der Waals surface area contributed by atoms with Crippen LogP contribution in [0.4, 0.5) is 0 Å². The molecule has 21 heavy (non-hydrogen) atoms. The van der Waals surface area contributed by atoms with Crippen LogP contribution in [-0.2, 0) is 6.61 Å². The molecule has 1 fully saturated rings. The van der Waals surface area contributed by atoms with Gasteiger partial charge in [-0.3, -0.25) is 9.97 Å². The maximum Gasteiger partial charge on any atom is 0.146 e. The average Bonchev–Trinajstić information content (AvgIpc) is 2.72. The van der Waals surface area contributed by atoms with Crippen LogP contribution in [0.2, 0.25) is 0 Å². The van der Waals surface area contributed by atoms with E-state index in [-0.39, 0.29) is 0 Å². The third kappa shape index (κ3) is 2.21. The van der Waals surface area contributed by atoms with Crippen LogP contribution in [0, 0.1) is 0 Å². The Hall–Kier alpha value is -2.20. The highest BCUT2D eigenvalue weighted by Gasteiger charge is 2.24. The van der Waals surface area contributed by atoms with E-state index in [1.165, 1.54) is 11.1 Å². The van der Waals surface area contributed by atoms with Gasteiger partial charge in [0, 0.05) is 23.5 Å². The van der Waals surface area contributed by atoms with Crippen LogP contribution in [0.5, 0.6) is 5.75 Å². The second kappa shape index (κ2) is 5.30. The lowest BCUT2D eigenvalue weighted by molar-refractivity contribution is 0.305. The van der Waals surface area contributed by atoms with Gasteiger partial charge in [0.25, 0.3) is 0 Å². The van der Waals surface area contributed by atoms with Gasteiger partial charge in [-0.15, -0.1) is 0 Å². The average molecular weight is 279 g/mol. The summed E-state index contributed by atoms with van der Waals surface area (Å²) in [6, 6.07) is 7.98. The van der Waals surface area contributed by atoms with E-state index in [1.807, 2.05) is 30.6 Å². The first-order chi connectivity index (χ1) is 10.4. The second-order valence-corrected chi connectivity index (χ2v) is 5.38. The Kier molecular flexibility index (Phi) is 3.16. The minimum absolute atomic E-state index is 0.552. The van der Waals surface area contributed by atoms with Crippen molar-refractivity contribution in [3.63, 3.8) is 0 Å². The molecule has 4 nitrogen and oxygen atoms in total. The molecule has 4 rings (SSSR count). The van der Waals surface area contributed by atoms with Gasteiger partial charge in [0.15, 0.2) is 0 Å². The van der Waals surface area contributed by atoms with Gasteiger partial charge in [-0.25, -0.2) is 0 Å². The van der Waals surface area contributed by atoms with Crippen molar-refractivity contribution in [1.82, 2.24) is 15.3 Å². The Morgan fingerprint density at radius 2 is 1.71 bits per heavy atom. The molecule has 1 N–H and O–H groups in total. The molecule has 106 valence electrons. The highest BCUT2D eigenvalue weighted by molar-refractivity contribution is 5.83. The Bertz CT molecular complexity index is 651. The van der Waals surface area contributed by atoms with Gasteiger partial charge in [0.1, 0.15) is 18.1 Å². The number of aromatic nitrogens is 2. The molecule has 0 aromatic carbocycles. The van der Waals surface area contributed by atoms with E-state index >= 15 is 0 Å². The lowest BCUT2D eigenvalue weighted by atomic mass is 9.92. The van der Waals surface area contributed by atoms with Crippen LogP contribution in [0.15, 0.2) is 42.2 Å². The molecular formula is C17H17N3O. The van der Waals surface area contributed by atoms with E-state index in [1.54, 1.807) is 0 Å². The molecular weight excluding hydrogens is 262 g/mol. The molecule has 0 unspecified atom stereocenters. The lowest BCUT2D eigenvalue weighted by Gasteiger charge is -2.20. The smallest absolute Gasteiger partial charge is 0.146 e. The summed E-state index contributed by atoms with van der Waals surface area (Å²) < 4.78 is 5.94. The molecule has 4 heterocycles. The normalized spacial score (nSPS) is 17.5. The summed E-state index contributed by atoms with van der Waals surface area (Å²) in [6.45, 7) is 2.59.